The molecule has 0 amide bonds. The molecule has 2 aromatic heterocycles. The van der Waals surface area contributed by atoms with Gasteiger partial charge in [0.05, 0.1) is 11.8 Å². The van der Waals surface area contributed by atoms with Gasteiger partial charge in [-0.15, -0.1) is 0 Å². The van der Waals surface area contributed by atoms with E-state index in [-0.39, 0.29) is 5.56 Å². The Morgan fingerprint density at radius 2 is 1.89 bits per heavy atom. The van der Waals surface area contributed by atoms with Crippen molar-refractivity contribution in [2.45, 2.75) is 25.4 Å². The first-order valence-corrected chi connectivity index (χ1v) is 10.0. The van der Waals surface area contributed by atoms with Gasteiger partial charge in [0.1, 0.15) is 11.4 Å². The zero-order valence-corrected chi connectivity index (χ0v) is 17.0. The van der Waals surface area contributed by atoms with Gasteiger partial charge < -0.3 is 14.5 Å². The lowest BCUT2D eigenvalue weighted by molar-refractivity contribution is 0.0481. The molecule has 2 N–H and O–H groups in total. The molecule has 0 aliphatic carbocycles. The lowest BCUT2D eigenvalue weighted by Crippen LogP contribution is -2.28. The Bertz CT molecular complexity index is 1170. The number of aliphatic hydroxyl groups is 1. The lowest BCUT2D eigenvalue weighted by atomic mass is 9.85. The third kappa shape index (κ3) is 3.21. The number of hydrogen-bond donors (Lipinski definition) is 2. The van der Waals surface area contributed by atoms with E-state index in [1.54, 1.807) is 18.4 Å². The Morgan fingerprint density at radius 1 is 1.11 bits per heavy atom. The third-order valence-corrected chi connectivity index (χ3v) is 5.45. The van der Waals surface area contributed by atoms with Crippen LogP contribution in [-0.2, 0) is 5.60 Å². The maximum Gasteiger partial charge on any atom is 0.256 e. The summed E-state index contributed by atoms with van der Waals surface area (Å²) < 4.78 is 6.38. The molecule has 1 unspecified atom stereocenters. The van der Waals surface area contributed by atoms with Crippen molar-refractivity contribution in [3.63, 3.8) is 0 Å². The summed E-state index contributed by atoms with van der Waals surface area (Å²) in [6.45, 7) is 2.00. The van der Waals surface area contributed by atoms with Crippen LogP contribution in [0, 0.1) is 0 Å². The highest BCUT2D eigenvalue weighted by Gasteiger charge is 2.36. The van der Waals surface area contributed by atoms with E-state index in [4.69, 9.17) is 4.42 Å². The molecule has 0 spiro atoms. The van der Waals surface area contributed by atoms with Crippen LogP contribution in [0.1, 0.15) is 31.1 Å². The number of nitrogens with one attached hydrogen (secondary N) is 1. The molecule has 0 aliphatic heterocycles. The maximum absolute atomic E-state index is 12.9. The molecule has 0 saturated carbocycles. The van der Waals surface area contributed by atoms with Crippen molar-refractivity contribution in [3.05, 3.63) is 93.1 Å². The topological polar surface area (TPSA) is 66.2 Å². The SMILES string of the molecule is CCCC(O)(c1ccco1)c1cc(Br)cc2cc(-c3ccccc3)c(=O)[nH]c12. The second-order valence-corrected chi connectivity index (χ2v) is 7.80. The van der Waals surface area contributed by atoms with Gasteiger partial charge in [0.25, 0.3) is 5.56 Å². The maximum atomic E-state index is 12.9. The van der Waals surface area contributed by atoms with Crippen LogP contribution >= 0.6 is 15.9 Å². The molecule has 0 saturated heterocycles. The van der Waals surface area contributed by atoms with E-state index >= 15 is 0 Å². The van der Waals surface area contributed by atoms with E-state index in [0.29, 0.717) is 28.8 Å². The number of aromatic nitrogens is 1. The summed E-state index contributed by atoms with van der Waals surface area (Å²) >= 11 is 3.56. The molecule has 0 aliphatic rings. The summed E-state index contributed by atoms with van der Waals surface area (Å²) in [5.74, 6) is 0.460. The van der Waals surface area contributed by atoms with Crippen LogP contribution in [0.25, 0.3) is 22.0 Å². The van der Waals surface area contributed by atoms with Gasteiger partial charge in [-0.2, -0.15) is 0 Å². The minimum Gasteiger partial charge on any atom is -0.466 e. The van der Waals surface area contributed by atoms with Crippen LogP contribution in [-0.4, -0.2) is 10.1 Å². The van der Waals surface area contributed by atoms with Gasteiger partial charge in [0.2, 0.25) is 0 Å². The highest BCUT2D eigenvalue weighted by atomic mass is 79.9. The molecule has 0 radical (unpaired) electrons. The zero-order chi connectivity index (χ0) is 19.7. The van der Waals surface area contributed by atoms with E-state index in [0.717, 1.165) is 21.8 Å². The fourth-order valence-electron chi connectivity index (χ4n) is 3.71. The molecule has 142 valence electrons. The Hall–Kier alpha value is -2.63. The summed E-state index contributed by atoms with van der Waals surface area (Å²) in [7, 11) is 0. The molecule has 2 aromatic carbocycles. The van der Waals surface area contributed by atoms with Gasteiger partial charge in [0.15, 0.2) is 0 Å². The van der Waals surface area contributed by atoms with Crippen molar-refractivity contribution in [3.8, 4) is 11.1 Å². The molecule has 0 bridgehead atoms. The van der Waals surface area contributed by atoms with Crippen molar-refractivity contribution in [1.82, 2.24) is 4.98 Å². The second kappa shape index (κ2) is 7.41. The molecule has 2 heterocycles. The number of hydrogen-bond acceptors (Lipinski definition) is 3. The molecule has 28 heavy (non-hydrogen) atoms. The van der Waals surface area contributed by atoms with Crippen molar-refractivity contribution in [1.29, 1.82) is 0 Å². The van der Waals surface area contributed by atoms with Crippen molar-refractivity contribution in [2.75, 3.05) is 0 Å². The minimum atomic E-state index is -1.34. The van der Waals surface area contributed by atoms with Gasteiger partial charge >= 0.3 is 0 Å². The quantitative estimate of drug-likeness (QED) is 0.427. The molecule has 1 atom stereocenters. The van der Waals surface area contributed by atoms with Gasteiger partial charge in [-0.25, -0.2) is 0 Å². The molecule has 4 rings (SSSR count). The van der Waals surface area contributed by atoms with E-state index in [9.17, 15) is 9.90 Å². The molecular formula is C23H20BrNO3. The van der Waals surface area contributed by atoms with E-state index in [1.807, 2.05) is 55.5 Å². The van der Waals surface area contributed by atoms with Crippen LogP contribution in [0.5, 0.6) is 0 Å². The minimum absolute atomic E-state index is 0.194. The number of benzene rings is 2. The summed E-state index contributed by atoms with van der Waals surface area (Å²) in [4.78, 5) is 15.9. The van der Waals surface area contributed by atoms with Crippen molar-refractivity contribution >= 4 is 26.8 Å². The van der Waals surface area contributed by atoms with E-state index < -0.39 is 5.60 Å². The number of pyridine rings is 1. The van der Waals surface area contributed by atoms with E-state index in [1.165, 1.54) is 0 Å². The number of H-pyrrole nitrogens is 1. The summed E-state index contributed by atoms with van der Waals surface area (Å²) in [6, 6.07) is 18.7. The predicted octanol–water partition coefficient (Wildman–Crippen LogP) is 5.59. The van der Waals surface area contributed by atoms with Gasteiger partial charge in [0, 0.05) is 21.0 Å². The highest BCUT2D eigenvalue weighted by Crippen LogP contribution is 2.39. The molecule has 4 aromatic rings. The Kier molecular flexibility index (Phi) is 4.96. The van der Waals surface area contributed by atoms with Crippen LogP contribution in [0.3, 0.4) is 0 Å². The van der Waals surface area contributed by atoms with Gasteiger partial charge in [-0.3, -0.25) is 4.79 Å². The fraction of sp³-hybridized carbons (Fsp3) is 0.174. The number of aromatic amines is 1. The van der Waals surface area contributed by atoms with Crippen LogP contribution in [0.4, 0.5) is 0 Å². The average Bonchev–Trinajstić information content (AvgIpc) is 3.23. The summed E-state index contributed by atoms with van der Waals surface area (Å²) in [6.07, 6.45) is 2.76. The Balaban J connectivity index is 2.00. The molecule has 0 fully saturated rings. The standard InChI is InChI=1S/C23H20BrNO3/c1-2-10-23(27,20-9-6-11-28-20)19-14-17(24)12-16-13-18(22(26)25-21(16)19)15-7-4-3-5-8-15/h3-9,11-14,27H,2,10H2,1H3,(H,25,26). The fourth-order valence-corrected chi connectivity index (χ4v) is 4.18. The van der Waals surface area contributed by atoms with Crippen LogP contribution < -0.4 is 5.56 Å². The summed E-state index contributed by atoms with van der Waals surface area (Å²) in [5, 5.41) is 12.4. The van der Waals surface area contributed by atoms with Crippen molar-refractivity contribution < 1.29 is 9.52 Å². The van der Waals surface area contributed by atoms with Gasteiger partial charge in [-0.1, -0.05) is 59.6 Å². The number of halogens is 1. The van der Waals surface area contributed by atoms with Crippen LogP contribution in [0.2, 0.25) is 0 Å². The highest BCUT2D eigenvalue weighted by molar-refractivity contribution is 9.10. The van der Waals surface area contributed by atoms with Crippen LogP contribution in [0.15, 0.2) is 80.6 Å². The molecule has 4 nitrogen and oxygen atoms in total. The Labute approximate surface area is 171 Å². The number of fused-ring (bicyclic) bond motifs is 1. The smallest absolute Gasteiger partial charge is 0.256 e. The number of rotatable bonds is 5. The van der Waals surface area contributed by atoms with Gasteiger partial charge in [-0.05, 0) is 42.3 Å². The zero-order valence-electron chi connectivity index (χ0n) is 15.4. The normalized spacial score (nSPS) is 13.5. The first kappa shape index (κ1) is 18.7. The average molecular weight is 438 g/mol. The molecule has 5 heteroatoms. The number of furan rings is 1. The van der Waals surface area contributed by atoms with Crippen molar-refractivity contribution in [2.24, 2.45) is 0 Å². The molecular weight excluding hydrogens is 418 g/mol. The predicted molar refractivity (Wildman–Crippen MR) is 114 cm³/mol. The Morgan fingerprint density at radius 3 is 2.57 bits per heavy atom. The lowest BCUT2D eigenvalue weighted by Gasteiger charge is -2.27. The first-order valence-electron chi connectivity index (χ1n) is 9.22. The summed E-state index contributed by atoms with van der Waals surface area (Å²) in [5.41, 5.74) is 1.14. The first-order chi connectivity index (χ1) is 13.5. The largest absolute Gasteiger partial charge is 0.466 e. The monoisotopic (exact) mass is 437 g/mol. The van der Waals surface area contributed by atoms with E-state index in [2.05, 4.69) is 20.9 Å². The third-order valence-electron chi connectivity index (χ3n) is 4.99. The second-order valence-electron chi connectivity index (χ2n) is 6.88.